The van der Waals surface area contributed by atoms with Gasteiger partial charge in [-0.05, 0) is 18.2 Å². The fraction of sp³-hybridized carbons (Fsp3) is 0. The van der Waals surface area contributed by atoms with Crippen molar-refractivity contribution in [2.24, 2.45) is 5.14 Å². The quantitative estimate of drug-likeness (QED) is 0.596. The van der Waals surface area contributed by atoms with Gasteiger partial charge in [0.15, 0.2) is 17.5 Å². The zero-order chi connectivity index (χ0) is 15.8. The molecule has 0 amide bonds. The van der Waals surface area contributed by atoms with Gasteiger partial charge in [0.05, 0.1) is 5.69 Å². The highest BCUT2D eigenvalue weighted by atomic mass is 32.2. The van der Waals surface area contributed by atoms with E-state index in [1.54, 1.807) is 0 Å². The van der Waals surface area contributed by atoms with Gasteiger partial charge < -0.3 is 11.1 Å². The molecule has 0 spiro atoms. The van der Waals surface area contributed by atoms with Crippen LogP contribution in [0.4, 0.5) is 30.2 Å². The van der Waals surface area contributed by atoms with E-state index in [0.29, 0.717) is 0 Å². The van der Waals surface area contributed by atoms with Crippen molar-refractivity contribution in [2.75, 3.05) is 11.1 Å². The Labute approximate surface area is 118 Å². The third-order valence-electron chi connectivity index (χ3n) is 2.59. The molecule has 5 nitrogen and oxygen atoms in total. The standard InChI is InChI=1S/C12H10F3N3O2S/c13-8-3-7(4-9(14)12(8)15)18-6-1-2-11(10(16)5-6)21(17,19)20/h1-5,18H,16H2,(H2,17,19,20). The van der Waals surface area contributed by atoms with Gasteiger partial charge in [-0.2, -0.15) is 0 Å². The number of benzene rings is 2. The molecule has 112 valence electrons. The van der Waals surface area contributed by atoms with E-state index < -0.39 is 27.5 Å². The third kappa shape index (κ3) is 3.26. The van der Waals surface area contributed by atoms with Crippen LogP contribution in [-0.4, -0.2) is 8.42 Å². The molecule has 0 fully saturated rings. The minimum Gasteiger partial charge on any atom is -0.398 e. The number of rotatable bonds is 3. The largest absolute Gasteiger partial charge is 0.398 e. The van der Waals surface area contributed by atoms with Crippen molar-refractivity contribution >= 4 is 27.1 Å². The minimum absolute atomic E-state index is 0.0610. The van der Waals surface area contributed by atoms with Gasteiger partial charge in [-0.15, -0.1) is 0 Å². The number of nitrogen functional groups attached to an aromatic ring is 1. The predicted molar refractivity (Wildman–Crippen MR) is 71.8 cm³/mol. The van der Waals surface area contributed by atoms with Crippen molar-refractivity contribution in [1.29, 1.82) is 0 Å². The normalized spacial score (nSPS) is 11.4. The molecule has 21 heavy (non-hydrogen) atoms. The van der Waals surface area contributed by atoms with Gasteiger partial charge in [0.25, 0.3) is 0 Å². The molecule has 0 atom stereocenters. The summed E-state index contributed by atoms with van der Waals surface area (Å²) < 4.78 is 61.3. The first kappa shape index (κ1) is 15.1. The zero-order valence-electron chi connectivity index (χ0n) is 10.4. The summed E-state index contributed by atoms with van der Waals surface area (Å²) >= 11 is 0. The van der Waals surface area contributed by atoms with E-state index in [4.69, 9.17) is 10.9 Å². The first-order valence-corrected chi connectivity index (χ1v) is 7.07. The van der Waals surface area contributed by atoms with E-state index in [9.17, 15) is 21.6 Å². The van der Waals surface area contributed by atoms with Gasteiger partial charge in [-0.25, -0.2) is 26.7 Å². The number of halogens is 3. The molecule has 0 saturated carbocycles. The van der Waals surface area contributed by atoms with Gasteiger partial charge in [-0.3, -0.25) is 0 Å². The second-order valence-corrected chi connectivity index (χ2v) is 5.71. The first-order valence-electron chi connectivity index (χ1n) is 5.52. The predicted octanol–water partition coefficient (Wildman–Crippen LogP) is 2.08. The molecule has 5 N–H and O–H groups in total. The Hall–Kier alpha value is -2.26. The molecule has 0 unspecified atom stereocenters. The molecule has 2 aromatic rings. The average molecular weight is 317 g/mol. The number of sulfonamides is 1. The zero-order valence-corrected chi connectivity index (χ0v) is 11.2. The van der Waals surface area contributed by atoms with Gasteiger partial charge in [0, 0.05) is 23.5 Å². The lowest BCUT2D eigenvalue weighted by molar-refractivity contribution is 0.448. The summed E-state index contributed by atoms with van der Waals surface area (Å²) in [4.78, 5) is -0.274. The molecule has 0 saturated heterocycles. The van der Waals surface area contributed by atoms with Crippen molar-refractivity contribution in [3.8, 4) is 0 Å². The minimum atomic E-state index is -3.96. The van der Waals surface area contributed by atoms with E-state index in [1.807, 2.05) is 0 Å². The topological polar surface area (TPSA) is 98.2 Å². The highest BCUT2D eigenvalue weighted by molar-refractivity contribution is 7.89. The van der Waals surface area contributed by atoms with Crippen molar-refractivity contribution in [2.45, 2.75) is 4.90 Å². The second-order valence-electron chi connectivity index (χ2n) is 4.18. The SMILES string of the molecule is Nc1cc(Nc2cc(F)c(F)c(F)c2)ccc1S(N)(=O)=O. The molecule has 0 aliphatic carbocycles. The Morgan fingerprint density at radius 2 is 1.52 bits per heavy atom. The van der Waals surface area contributed by atoms with Gasteiger partial charge in [0.1, 0.15) is 4.90 Å². The van der Waals surface area contributed by atoms with Crippen LogP contribution in [0.3, 0.4) is 0 Å². The molecule has 0 aromatic heterocycles. The van der Waals surface area contributed by atoms with Crippen LogP contribution in [0.25, 0.3) is 0 Å². The Kier molecular flexibility index (Phi) is 3.79. The fourth-order valence-electron chi connectivity index (χ4n) is 1.68. The smallest absolute Gasteiger partial charge is 0.240 e. The summed E-state index contributed by atoms with van der Waals surface area (Å²) in [5.41, 5.74) is 5.60. The molecular weight excluding hydrogens is 307 g/mol. The Morgan fingerprint density at radius 1 is 0.952 bits per heavy atom. The molecule has 0 bridgehead atoms. The van der Waals surface area contributed by atoms with E-state index in [0.717, 1.165) is 18.2 Å². The summed E-state index contributed by atoms with van der Waals surface area (Å²) in [6.07, 6.45) is 0. The van der Waals surface area contributed by atoms with E-state index in [2.05, 4.69) is 5.32 Å². The Balaban J connectivity index is 2.35. The maximum Gasteiger partial charge on any atom is 0.240 e. The maximum absolute atomic E-state index is 13.1. The molecule has 0 heterocycles. The summed E-state index contributed by atoms with van der Waals surface area (Å²) in [5, 5.41) is 7.52. The lowest BCUT2D eigenvalue weighted by Crippen LogP contribution is -2.14. The van der Waals surface area contributed by atoms with Crippen LogP contribution < -0.4 is 16.2 Å². The van der Waals surface area contributed by atoms with Crippen molar-refractivity contribution in [1.82, 2.24) is 0 Å². The average Bonchev–Trinajstić information content (AvgIpc) is 2.34. The summed E-state index contributed by atoms with van der Waals surface area (Å²) in [6.45, 7) is 0. The molecule has 2 aromatic carbocycles. The summed E-state index contributed by atoms with van der Waals surface area (Å²) in [5.74, 6) is -4.29. The summed E-state index contributed by atoms with van der Waals surface area (Å²) in [6, 6.07) is 5.17. The fourth-order valence-corrected chi connectivity index (χ4v) is 2.32. The van der Waals surface area contributed by atoms with Crippen molar-refractivity contribution in [3.05, 3.63) is 47.8 Å². The van der Waals surface area contributed by atoms with Crippen LogP contribution in [0, 0.1) is 17.5 Å². The van der Waals surface area contributed by atoms with Crippen LogP contribution in [0.2, 0.25) is 0 Å². The number of anilines is 3. The Morgan fingerprint density at radius 3 is 2.00 bits per heavy atom. The number of nitrogens with two attached hydrogens (primary N) is 2. The maximum atomic E-state index is 13.1. The molecule has 0 aliphatic heterocycles. The van der Waals surface area contributed by atoms with Crippen LogP contribution in [0.15, 0.2) is 35.2 Å². The number of primary sulfonamides is 1. The number of hydrogen-bond donors (Lipinski definition) is 3. The molecule has 2 rings (SSSR count). The highest BCUT2D eigenvalue weighted by Gasteiger charge is 2.14. The van der Waals surface area contributed by atoms with Crippen molar-refractivity contribution < 1.29 is 21.6 Å². The van der Waals surface area contributed by atoms with E-state index >= 15 is 0 Å². The highest BCUT2D eigenvalue weighted by Crippen LogP contribution is 2.25. The van der Waals surface area contributed by atoms with Gasteiger partial charge >= 0.3 is 0 Å². The monoisotopic (exact) mass is 317 g/mol. The second kappa shape index (κ2) is 5.26. The van der Waals surface area contributed by atoms with Gasteiger partial charge in [0.2, 0.25) is 10.0 Å². The van der Waals surface area contributed by atoms with Gasteiger partial charge in [-0.1, -0.05) is 0 Å². The number of nitrogens with one attached hydrogen (secondary N) is 1. The molecular formula is C12H10F3N3O2S. The first-order chi connectivity index (χ1) is 9.68. The summed E-state index contributed by atoms with van der Waals surface area (Å²) in [7, 11) is -3.96. The van der Waals surface area contributed by atoms with Crippen LogP contribution in [0.5, 0.6) is 0 Å². The van der Waals surface area contributed by atoms with Crippen molar-refractivity contribution in [3.63, 3.8) is 0 Å². The third-order valence-corrected chi connectivity index (χ3v) is 3.57. The van der Waals surface area contributed by atoms with Crippen LogP contribution in [0.1, 0.15) is 0 Å². The molecule has 0 aliphatic rings. The van der Waals surface area contributed by atoms with E-state index in [-0.39, 0.29) is 22.0 Å². The van der Waals surface area contributed by atoms with E-state index in [1.165, 1.54) is 12.1 Å². The lowest BCUT2D eigenvalue weighted by atomic mass is 10.2. The molecule has 9 heteroatoms. The Bertz CT molecular complexity index is 786. The molecule has 0 radical (unpaired) electrons. The number of hydrogen-bond acceptors (Lipinski definition) is 4. The van der Waals surface area contributed by atoms with Crippen LogP contribution >= 0.6 is 0 Å². The lowest BCUT2D eigenvalue weighted by Gasteiger charge is -2.10. The van der Waals surface area contributed by atoms with Crippen LogP contribution in [-0.2, 0) is 10.0 Å².